The highest BCUT2D eigenvalue weighted by molar-refractivity contribution is 6.34. The van der Waals surface area contributed by atoms with Crippen LogP contribution in [0.1, 0.15) is 20.3 Å². The highest BCUT2D eigenvalue weighted by atomic mass is 35.5. The number of halogens is 1. The van der Waals surface area contributed by atoms with Gasteiger partial charge in [0.15, 0.2) is 11.5 Å². The Morgan fingerprint density at radius 2 is 2.06 bits per heavy atom. The molecular formula is C23H22ClN7O. The number of fused-ring (bicyclic) bond motifs is 2. The van der Waals surface area contributed by atoms with Crippen LogP contribution in [0.25, 0.3) is 11.2 Å². The van der Waals surface area contributed by atoms with Crippen molar-refractivity contribution in [2.24, 2.45) is 5.41 Å². The number of nitrogens with zero attached hydrogens (tertiary/aromatic N) is 4. The Kier molecular flexibility index (Phi) is 4.74. The molecule has 1 unspecified atom stereocenters. The van der Waals surface area contributed by atoms with Crippen molar-refractivity contribution in [3.05, 3.63) is 71.2 Å². The van der Waals surface area contributed by atoms with Gasteiger partial charge >= 0.3 is 0 Å². The molecule has 2 aromatic heterocycles. The number of hydrogen-bond acceptors (Lipinski definition) is 6. The molecule has 0 radical (unpaired) electrons. The number of H-pyrrole nitrogens is 1. The highest BCUT2D eigenvalue weighted by Gasteiger charge is 2.44. The number of carbonyl (C=O) groups is 1. The molecule has 162 valence electrons. The van der Waals surface area contributed by atoms with Crippen LogP contribution >= 0.6 is 11.6 Å². The molecule has 3 heterocycles. The van der Waals surface area contributed by atoms with Crippen molar-refractivity contribution in [3.8, 4) is 0 Å². The maximum absolute atomic E-state index is 13.8. The summed E-state index contributed by atoms with van der Waals surface area (Å²) in [7, 11) is 0. The summed E-state index contributed by atoms with van der Waals surface area (Å²) >= 11 is 6.51. The number of benzene rings is 1. The van der Waals surface area contributed by atoms with E-state index in [0.717, 1.165) is 11.4 Å². The molecule has 0 spiro atoms. The second-order valence-electron chi connectivity index (χ2n) is 8.19. The smallest absolute Gasteiger partial charge is 0.260 e. The predicted molar refractivity (Wildman–Crippen MR) is 126 cm³/mol. The minimum Gasteiger partial charge on any atom is -0.368 e. The Labute approximate surface area is 189 Å². The third kappa shape index (κ3) is 3.23. The summed E-state index contributed by atoms with van der Waals surface area (Å²) in [5.41, 5.74) is 8.66. The Balaban J connectivity index is 1.62. The number of allylic oxidation sites excluding steroid dienone is 4. The number of nitrogen functional groups attached to an aromatic ring is 1. The molecule has 1 aliphatic carbocycles. The van der Waals surface area contributed by atoms with E-state index in [9.17, 15) is 4.79 Å². The van der Waals surface area contributed by atoms with Gasteiger partial charge in [-0.3, -0.25) is 9.69 Å². The van der Waals surface area contributed by atoms with E-state index < -0.39 is 5.41 Å². The lowest BCUT2D eigenvalue weighted by atomic mass is 9.72. The second-order valence-corrected chi connectivity index (χ2v) is 8.60. The Morgan fingerprint density at radius 1 is 1.28 bits per heavy atom. The first-order chi connectivity index (χ1) is 15.4. The fourth-order valence-electron chi connectivity index (χ4n) is 4.36. The minimum atomic E-state index is -0.506. The normalized spacial score (nSPS) is 21.5. The number of nitrogens with one attached hydrogen (secondary N) is 2. The molecule has 2 aliphatic rings. The average molecular weight is 448 g/mol. The molecule has 32 heavy (non-hydrogen) atoms. The quantitative estimate of drug-likeness (QED) is 0.554. The summed E-state index contributed by atoms with van der Waals surface area (Å²) in [6.07, 6.45) is 8.16. The van der Waals surface area contributed by atoms with E-state index in [2.05, 4.69) is 31.3 Å². The van der Waals surface area contributed by atoms with Gasteiger partial charge in [0, 0.05) is 27.4 Å². The van der Waals surface area contributed by atoms with Crippen LogP contribution < -0.4 is 16.0 Å². The van der Waals surface area contributed by atoms with Crippen LogP contribution in [0.5, 0.6) is 0 Å². The third-order valence-corrected chi connectivity index (χ3v) is 6.19. The summed E-state index contributed by atoms with van der Waals surface area (Å²) in [5, 5.41) is 3.87. The van der Waals surface area contributed by atoms with Crippen molar-refractivity contribution in [1.29, 1.82) is 0 Å². The summed E-state index contributed by atoms with van der Waals surface area (Å²) < 4.78 is 0. The van der Waals surface area contributed by atoms with Crippen molar-refractivity contribution in [2.45, 2.75) is 26.3 Å². The lowest BCUT2D eigenvalue weighted by Gasteiger charge is -2.42. The van der Waals surface area contributed by atoms with Crippen molar-refractivity contribution in [2.75, 3.05) is 16.0 Å². The van der Waals surface area contributed by atoms with Crippen LogP contribution in [0, 0.1) is 5.41 Å². The summed E-state index contributed by atoms with van der Waals surface area (Å²) in [6.45, 7) is 4.02. The van der Waals surface area contributed by atoms with Crippen molar-refractivity contribution in [1.82, 2.24) is 19.9 Å². The van der Waals surface area contributed by atoms with E-state index in [1.54, 1.807) is 17.3 Å². The lowest BCUT2D eigenvalue weighted by Crippen LogP contribution is -2.46. The summed E-state index contributed by atoms with van der Waals surface area (Å²) in [5.74, 6) is 0.509. The molecule has 1 aromatic carbocycles. The van der Waals surface area contributed by atoms with Gasteiger partial charge in [-0.2, -0.15) is 9.97 Å². The number of aromatic amines is 1. The fourth-order valence-corrected chi connectivity index (χ4v) is 4.74. The number of anilines is 3. The molecule has 2 atom stereocenters. The van der Waals surface area contributed by atoms with Crippen LogP contribution in [-0.2, 0) is 4.79 Å². The Hall–Kier alpha value is -3.65. The molecule has 3 aromatic rings. The predicted octanol–water partition coefficient (Wildman–Crippen LogP) is 4.13. The number of imidazole rings is 1. The molecule has 9 heteroatoms. The minimum absolute atomic E-state index is 0.120. The first-order valence-corrected chi connectivity index (χ1v) is 10.7. The molecule has 1 amide bonds. The number of nitrogens with two attached hydrogens (primary N) is 1. The van der Waals surface area contributed by atoms with Crippen molar-refractivity contribution < 1.29 is 4.79 Å². The van der Waals surface area contributed by atoms with E-state index in [0.29, 0.717) is 34.0 Å². The van der Waals surface area contributed by atoms with E-state index in [1.807, 2.05) is 50.3 Å². The zero-order valence-electron chi connectivity index (χ0n) is 17.6. The monoisotopic (exact) mass is 447 g/mol. The molecular weight excluding hydrogens is 426 g/mol. The maximum atomic E-state index is 13.8. The maximum Gasteiger partial charge on any atom is 0.260 e. The summed E-state index contributed by atoms with van der Waals surface area (Å²) in [6, 6.07) is 9.25. The molecule has 0 saturated carbocycles. The van der Waals surface area contributed by atoms with Crippen molar-refractivity contribution in [3.63, 3.8) is 0 Å². The number of hydrogen-bond donors (Lipinski definition) is 3. The third-order valence-electron chi connectivity index (χ3n) is 5.87. The topological polar surface area (TPSA) is 113 Å². The van der Waals surface area contributed by atoms with E-state index in [4.69, 9.17) is 17.3 Å². The molecule has 0 fully saturated rings. The SMILES string of the molecule is C[C@H](Nc1nc(N)nc2nc[nH]c12)C1=CC2(C)CC=CC(Cl)=C2C(=O)N1c1ccccc1. The number of rotatable bonds is 4. The van der Waals surface area contributed by atoms with E-state index in [1.165, 1.54) is 0 Å². The zero-order valence-corrected chi connectivity index (χ0v) is 18.4. The van der Waals surface area contributed by atoms with Gasteiger partial charge in [-0.25, -0.2) is 4.98 Å². The molecule has 8 nitrogen and oxygen atoms in total. The fraction of sp³-hybridized carbons (Fsp3) is 0.217. The van der Waals surface area contributed by atoms with Crippen LogP contribution in [-0.4, -0.2) is 31.9 Å². The Morgan fingerprint density at radius 3 is 2.84 bits per heavy atom. The summed E-state index contributed by atoms with van der Waals surface area (Å²) in [4.78, 5) is 31.2. The van der Waals surface area contributed by atoms with Crippen LogP contribution in [0.2, 0.25) is 0 Å². The first-order valence-electron chi connectivity index (χ1n) is 10.3. The van der Waals surface area contributed by atoms with Crippen LogP contribution in [0.15, 0.2) is 71.2 Å². The average Bonchev–Trinajstić information content (AvgIpc) is 3.22. The molecule has 0 bridgehead atoms. The standard InChI is InChI=1S/C23H22ClN7O/c1-13(28-20-18-19(27-12-26-18)29-22(25)30-20)16-11-23(2)10-6-9-15(24)17(23)21(32)31(16)14-7-4-3-5-8-14/h3-9,11-13H,10H2,1-2H3,(H4,25,26,27,28,29,30)/t13-,23?/m0/s1. The van der Waals surface area contributed by atoms with Gasteiger partial charge in [0.1, 0.15) is 5.52 Å². The van der Waals surface area contributed by atoms with Gasteiger partial charge in [-0.1, -0.05) is 48.9 Å². The molecule has 0 saturated heterocycles. The molecule has 4 N–H and O–H groups in total. The van der Waals surface area contributed by atoms with Gasteiger partial charge in [0.25, 0.3) is 5.91 Å². The van der Waals surface area contributed by atoms with Gasteiger partial charge < -0.3 is 16.0 Å². The van der Waals surface area contributed by atoms with Crippen LogP contribution in [0.4, 0.5) is 17.5 Å². The number of carbonyl (C=O) groups excluding carboxylic acids is 1. The zero-order chi connectivity index (χ0) is 22.5. The molecule has 1 aliphatic heterocycles. The highest BCUT2D eigenvalue weighted by Crippen LogP contribution is 2.47. The van der Waals surface area contributed by atoms with E-state index in [-0.39, 0.29) is 17.9 Å². The number of amides is 1. The van der Waals surface area contributed by atoms with E-state index >= 15 is 0 Å². The lowest BCUT2D eigenvalue weighted by molar-refractivity contribution is -0.116. The Bertz CT molecular complexity index is 1310. The van der Waals surface area contributed by atoms with Gasteiger partial charge in [-0.15, -0.1) is 0 Å². The second kappa shape index (κ2) is 7.49. The first kappa shape index (κ1) is 20.3. The van der Waals surface area contributed by atoms with Crippen LogP contribution in [0.3, 0.4) is 0 Å². The number of para-hydroxylation sites is 1. The molecule has 5 rings (SSSR count). The van der Waals surface area contributed by atoms with Gasteiger partial charge in [0.05, 0.1) is 12.4 Å². The van der Waals surface area contributed by atoms with Crippen molar-refractivity contribution >= 4 is 46.1 Å². The van der Waals surface area contributed by atoms with Gasteiger partial charge in [0.2, 0.25) is 5.95 Å². The number of aromatic nitrogens is 4. The van der Waals surface area contributed by atoms with Gasteiger partial charge in [-0.05, 0) is 31.6 Å². The largest absolute Gasteiger partial charge is 0.368 e.